The van der Waals surface area contributed by atoms with E-state index in [0.717, 1.165) is 12.8 Å². The summed E-state index contributed by atoms with van der Waals surface area (Å²) in [5.74, 6) is 0. The monoisotopic (exact) mass is 273 g/mol. The van der Waals surface area contributed by atoms with Gasteiger partial charge in [-0.1, -0.05) is 33.1 Å². The van der Waals surface area contributed by atoms with Gasteiger partial charge in [0.2, 0.25) is 0 Å². The SMILES string of the molecule is CC(C)NCC1(S(C)(=O)=O)CC2(CCCCC2)C1. The molecule has 0 unspecified atom stereocenters. The zero-order valence-electron chi connectivity index (χ0n) is 12.0. The highest BCUT2D eigenvalue weighted by Crippen LogP contribution is 2.59. The number of nitrogens with one attached hydrogen (secondary N) is 1. The lowest BCUT2D eigenvalue weighted by Crippen LogP contribution is -2.62. The van der Waals surface area contributed by atoms with Gasteiger partial charge in [-0.3, -0.25) is 0 Å². The van der Waals surface area contributed by atoms with E-state index in [0.29, 0.717) is 18.0 Å². The van der Waals surface area contributed by atoms with Gasteiger partial charge in [0.25, 0.3) is 0 Å². The van der Waals surface area contributed by atoms with Crippen molar-refractivity contribution in [3.05, 3.63) is 0 Å². The van der Waals surface area contributed by atoms with Crippen molar-refractivity contribution < 1.29 is 8.42 Å². The molecule has 1 N–H and O–H groups in total. The van der Waals surface area contributed by atoms with Crippen LogP contribution in [-0.4, -0.2) is 32.0 Å². The van der Waals surface area contributed by atoms with E-state index in [9.17, 15) is 8.42 Å². The van der Waals surface area contributed by atoms with Crippen LogP contribution in [0, 0.1) is 5.41 Å². The molecule has 18 heavy (non-hydrogen) atoms. The van der Waals surface area contributed by atoms with Gasteiger partial charge in [-0.05, 0) is 31.1 Å². The maximum absolute atomic E-state index is 12.1. The van der Waals surface area contributed by atoms with Crippen molar-refractivity contribution in [1.29, 1.82) is 0 Å². The summed E-state index contributed by atoms with van der Waals surface area (Å²) in [6, 6.07) is 0.353. The van der Waals surface area contributed by atoms with Crippen LogP contribution in [0.25, 0.3) is 0 Å². The van der Waals surface area contributed by atoms with E-state index in [4.69, 9.17) is 0 Å². The van der Waals surface area contributed by atoms with Crippen molar-refractivity contribution in [3.8, 4) is 0 Å². The minimum atomic E-state index is -2.96. The second kappa shape index (κ2) is 4.78. The quantitative estimate of drug-likeness (QED) is 0.856. The fraction of sp³-hybridized carbons (Fsp3) is 1.00. The fourth-order valence-electron chi connectivity index (χ4n) is 3.88. The summed E-state index contributed by atoms with van der Waals surface area (Å²) in [6.07, 6.45) is 9.59. The number of sulfone groups is 1. The first-order chi connectivity index (χ1) is 8.29. The molecule has 3 nitrogen and oxygen atoms in total. The average Bonchev–Trinajstić information content (AvgIpc) is 2.22. The molecule has 0 atom stereocenters. The third-order valence-corrected chi connectivity index (χ3v) is 6.93. The predicted molar refractivity (Wildman–Crippen MR) is 75.5 cm³/mol. The van der Waals surface area contributed by atoms with Gasteiger partial charge in [0.05, 0.1) is 4.75 Å². The molecule has 0 bridgehead atoms. The Hall–Kier alpha value is -0.0900. The maximum atomic E-state index is 12.1. The Morgan fingerprint density at radius 1 is 1.11 bits per heavy atom. The van der Waals surface area contributed by atoms with Gasteiger partial charge in [0.15, 0.2) is 9.84 Å². The Bertz CT molecular complexity index is 386. The highest BCUT2D eigenvalue weighted by molar-refractivity contribution is 7.92. The molecular weight excluding hydrogens is 246 g/mol. The van der Waals surface area contributed by atoms with Gasteiger partial charge in [0, 0.05) is 18.8 Å². The van der Waals surface area contributed by atoms with Crippen molar-refractivity contribution in [2.24, 2.45) is 5.41 Å². The van der Waals surface area contributed by atoms with E-state index < -0.39 is 14.6 Å². The summed E-state index contributed by atoms with van der Waals surface area (Å²) in [7, 11) is -2.96. The lowest BCUT2D eigenvalue weighted by molar-refractivity contribution is 0.0310. The van der Waals surface area contributed by atoms with Gasteiger partial charge >= 0.3 is 0 Å². The van der Waals surface area contributed by atoms with E-state index in [1.54, 1.807) is 0 Å². The third-order valence-electron chi connectivity index (χ3n) is 4.93. The van der Waals surface area contributed by atoms with E-state index in [2.05, 4.69) is 19.2 Å². The van der Waals surface area contributed by atoms with Crippen molar-refractivity contribution in [1.82, 2.24) is 5.32 Å². The minimum absolute atomic E-state index is 0.353. The summed E-state index contributed by atoms with van der Waals surface area (Å²) in [6.45, 7) is 4.78. The summed E-state index contributed by atoms with van der Waals surface area (Å²) in [4.78, 5) is 0. The van der Waals surface area contributed by atoms with Gasteiger partial charge in [-0.2, -0.15) is 0 Å². The van der Waals surface area contributed by atoms with Crippen LogP contribution >= 0.6 is 0 Å². The summed E-state index contributed by atoms with van der Waals surface area (Å²) < 4.78 is 23.8. The Balaban J connectivity index is 2.07. The zero-order chi connectivity index (χ0) is 13.4. The summed E-state index contributed by atoms with van der Waals surface area (Å²) in [5.41, 5.74) is 0.361. The molecule has 0 amide bonds. The molecule has 2 rings (SSSR count). The number of hydrogen-bond acceptors (Lipinski definition) is 3. The van der Waals surface area contributed by atoms with Crippen molar-refractivity contribution >= 4 is 9.84 Å². The summed E-state index contributed by atoms with van der Waals surface area (Å²) >= 11 is 0. The van der Waals surface area contributed by atoms with Crippen molar-refractivity contribution in [2.75, 3.05) is 12.8 Å². The molecule has 2 saturated carbocycles. The highest BCUT2D eigenvalue weighted by Gasteiger charge is 2.59. The van der Waals surface area contributed by atoms with Crippen molar-refractivity contribution in [2.45, 2.75) is 69.6 Å². The molecule has 0 aromatic heterocycles. The molecule has 2 aliphatic carbocycles. The molecule has 0 heterocycles. The van der Waals surface area contributed by atoms with Crippen LogP contribution in [0.5, 0.6) is 0 Å². The Labute approximate surface area is 112 Å². The molecule has 0 saturated heterocycles. The molecule has 4 heteroatoms. The minimum Gasteiger partial charge on any atom is -0.313 e. The van der Waals surface area contributed by atoms with Gasteiger partial charge in [0.1, 0.15) is 0 Å². The Kier molecular flexibility index (Phi) is 3.81. The van der Waals surface area contributed by atoms with Crippen LogP contribution in [0.15, 0.2) is 0 Å². The Morgan fingerprint density at radius 3 is 2.11 bits per heavy atom. The van der Waals surface area contributed by atoms with Crippen molar-refractivity contribution in [3.63, 3.8) is 0 Å². The van der Waals surface area contributed by atoms with Gasteiger partial charge in [-0.25, -0.2) is 8.42 Å². The van der Waals surface area contributed by atoms with E-state index in [1.165, 1.54) is 38.4 Å². The predicted octanol–water partition coefficient (Wildman–Crippen LogP) is 2.51. The first kappa shape index (κ1) is 14.3. The molecular formula is C14H27NO2S. The smallest absolute Gasteiger partial charge is 0.154 e. The lowest BCUT2D eigenvalue weighted by atomic mass is 9.55. The third kappa shape index (κ3) is 2.60. The topological polar surface area (TPSA) is 46.2 Å². The molecule has 1 spiro atoms. The molecule has 0 aromatic rings. The van der Waals surface area contributed by atoms with Crippen LogP contribution in [0.1, 0.15) is 58.8 Å². The van der Waals surface area contributed by atoms with E-state index >= 15 is 0 Å². The zero-order valence-corrected chi connectivity index (χ0v) is 12.8. The largest absolute Gasteiger partial charge is 0.313 e. The lowest BCUT2D eigenvalue weighted by Gasteiger charge is -2.57. The van der Waals surface area contributed by atoms with Crippen LogP contribution in [0.3, 0.4) is 0 Å². The van der Waals surface area contributed by atoms with Gasteiger partial charge in [-0.15, -0.1) is 0 Å². The molecule has 2 aliphatic rings. The molecule has 2 fully saturated rings. The number of rotatable bonds is 4. The second-order valence-electron chi connectivity index (χ2n) is 6.90. The molecule has 106 valence electrons. The van der Waals surface area contributed by atoms with E-state index in [1.807, 2.05) is 0 Å². The van der Waals surface area contributed by atoms with E-state index in [-0.39, 0.29) is 0 Å². The Morgan fingerprint density at radius 2 is 1.67 bits per heavy atom. The summed E-state index contributed by atoms with van der Waals surface area (Å²) in [5, 5.41) is 3.34. The molecule has 0 aromatic carbocycles. The molecule has 0 aliphatic heterocycles. The first-order valence-corrected chi connectivity index (χ1v) is 9.11. The fourth-order valence-corrected chi connectivity index (χ4v) is 5.36. The first-order valence-electron chi connectivity index (χ1n) is 7.22. The second-order valence-corrected chi connectivity index (χ2v) is 9.32. The normalized spacial score (nSPS) is 26.2. The van der Waals surface area contributed by atoms with Crippen LogP contribution in [-0.2, 0) is 9.84 Å². The number of hydrogen-bond donors (Lipinski definition) is 1. The van der Waals surface area contributed by atoms with Gasteiger partial charge < -0.3 is 5.32 Å². The standard InChI is InChI=1S/C14H27NO2S/c1-12(2)15-11-14(18(3,16)17)9-13(10-14)7-5-4-6-8-13/h12,15H,4-11H2,1-3H3. The van der Waals surface area contributed by atoms with Crippen LogP contribution in [0.4, 0.5) is 0 Å². The average molecular weight is 273 g/mol. The van der Waals surface area contributed by atoms with Crippen LogP contribution < -0.4 is 5.32 Å². The van der Waals surface area contributed by atoms with Crippen LogP contribution in [0.2, 0.25) is 0 Å². The highest BCUT2D eigenvalue weighted by atomic mass is 32.2. The molecule has 0 radical (unpaired) electrons. The maximum Gasteiger partial charge on any atom is 0.154 e.